The fourth-order valence-corrected chi connectivity index (χ4v) is 3.22. The van der Waals surface area contributed by atoms with Crippen molar-refractivity contribution in [3.05, 3.63) is 29.0 Å². The van der Waals surface area contributed by atoms with Crippen LogP contribution in [0.5, 0.6) is 0 Å². The van der Waals surface area contributed by atoms with E-state index in [0.717, 1.165) is 43.0 Å². The number of nitrogens with one attached hydrogen (secondary N) is 1. The first-order chi connectivity index (χ1) is 12.1. The van der Waals surface area contributed by atoms with E-state index in [-0.39, 0.29) is 12.0 Å². The van der Waals surface area contributed by atoms with Gasteiger partial charge in [-0.25, -0.2) is 0 Å². The maximum absolute atomic E-state index is 12.1. The maximum atomic E-state index is 12.1. The van der Waals surface area contributed by atoms with Crippen molar-refractivity contribution in [3.8, 4) is 11.4 Å². The Morgan fingerprint density at radius 3 is 3.00 bits per heavy atom. The van der Waals surface area contributed by atoms with Gasteiger partial charge in [0.2, 0.25) is 5.91 Å². The Hall–Kier alpha value is -1.92. The minimum atomic E-state index is -0.126. The SMILES string of the molecule is COC(C)CC(=O)Nc1ccc(Cl)c(-c2nnc3n2CCCCC3)c1. The molecule has 0 fully saturated rings. The first-order valence-corrected chi connectivity index (χ1v) is 9.01. The summed E-state index contributed by atoms with van der Waals surface area (Å²) in [5.41, 5.74) is 1.48. The molecule has 2 aromatic rings. The summed E-state index contributed by atoms with van der Waals surface area (Å²) in [6, 6.07) is 5.44. The molecule has 1 aliphatic heterocycles. The van der Waals surface area contributed by atoms with Crippen LogP contribution in [0.15, 0.2) is 18.2 Å². The molecule has 1 aromatic carbocycles. The molecule has 1 aliphatic rings. The fraction of sp³-hybridized carbons (Fsp3) is 0.500. The van der Waals surface area contributed by atoms with Crippen LogP contribution in [-0.4, -0.2) is 33.9 Å². The quantitative estimate of drug-likeness (QED) is 0.880. The van der Waals surface area contributed by atoms with Gasteiger partial charge in [-0.2, -0.15) is 0 Å². The van der Waals surface area contributed by atoms with Crippen LogP contribution < -0.4 is 5.32 Å². The van der Waals surface area contributed by atoms with Gasteiger partial charge in [-0.3, -0.25) is 4.79 Å². The number of carbonyl (C=O) groups is 1. The van der Waals surface area contributed by atoms with E-state index >= 15 is 0 Å². The zero-order valence-corrected chi connectivity index (χ0v) is 15.3. The van der Waals surface area contributed by atoms with E-state index in [2.05, 4.69) is 20.1 Å². The van der Waals surface area contributed by atoms with Gasteiger partial charge in [0.1, 0.15) is 5.82 Å². The summed E-state index contributed by atoms with van der Waals surface area (Å²) in [4.78, 5) is 12.1. The van der Waals surface area contributed by atoms with Crippen LogP contribution in [0.25, 0.3) is 11.4 Å². The van der Waals surface area contributed by atoms with E-state index in [1.54, 1.807) is 19.2 Å². The van der Waals surface area contributed by atoms with Crippen LogP contribution in [0.1, 0.15) is 38.4 Å². The minimum Gasteiger partial charge on any atom is -0.381 e. The van der Waals surface area contributed by atoms with E-state index in [4.69, 9.17) is 16.3 Å². The molecule has 2 heterocycles. The van der Waals surface area contributed by atoms with Gasteiger partial charge in [0, 0.05) is 31.3 Å². The Bertz CT molecular complexity index is 760. The van der Waals surface area contributed by atoms with Crippen LogP contribution in [0.3, 0.4) is 0 Å². The summed E-state index contributed by atoms with van der Waals surface area (Å²) in [7, 11) is 1.59. The summed E-state index contributed by atoms with van der Waals surface area (Å²) in [5, 5.41) is 12.2. The normalized spacial score (nSPS) is 15.3. The van der Waals surface area contributed by atoms with Crippen molar-refractivity contribution in [1.29, 1.82) is 0 Å². The second-order valence-corrected chi connectivity index (χ2v) is 6.80. The average Bonchev–Trinajstić information content (AvgIpc) is 2.84. The average molecular weight is 363 g/mol. The number of rotatable bonds is 5. The number of nitrogens with zero attached hydrogens (tertiary/aromatic N) is 3. The first kappa shape index (κ1) is 17.9. The smallest absolute Gasteiger partial charge is 0.226 e. The number of benzene rings is 1. The molecule has 0 bridgehead atoms. The lowest BCUT2D eigenvalue weighted by Gasteiger charge is -2.12. The van der Waals surface area contributed by atoms with E-state index < -0.39 is 0 Å². The Balaban J connectivity index is 1.85. The van der Waals surface area contributed by atoms with Gasteiger partial charge >= 0.3 is 0 Å². The van der Waals surface area contributed by atoms with Crippen molar-refractivity contribution in [1.82, 2.24) is 14.8 Å². The molecule has 0 saturated heterocycles. The van der Waals surface area contributed by atoms with Crippen LogP contribution in [0.2, 0.25) is 5.02 Å². The molecule has 7 heteroatoms. The molecule has 134 valence electrons. The van der Waals surface area contributed by atoms with E-state index in [1.807, 2.05) is 13.0 Å². The number of hydrogen-bond acceptors (Lipinski definition) is 4. The van der Waals surface area contributed by atoms with Gasteiger partial charge < -0.3 is 14.6 Å². The van der Waals surface area contributed by atoms with Gasteiger partial charge in [0.15, 0.2) is 5.82 Å². The van der Waals surface area contributed by atoms with Gasteiger partial charge in [-0.15, -0.1) is 10.2 Å². The van der Waals surface area contributed by atoms with Crippen LogP contribution in [0, 0.1) is 0 Å². The van der Waals surface area contributed by atoms with Crippen molar-refractivity contribution in [3.63, 3.8) is 0 Å². The monoisotopic (exact) mass is 362 g/mol. The lowest BCUT2D eigenvalue weighted by Crippen LogP contribution is -2.19. The molecule has 1 N–H and O–H groups in total. The lowest BCUT2D eigenvalue weighted by molar-refractivity contribution is -0.118. The highest BCUT2D eigenvalue weighted by molar-refractivity contribution is 6.33. The largest absolute Gasteiger partial charge is 0.381 e. The summed E-state index contributed by atoms with van der Waals surface area (Å²) >= 11 is 6.40. The third kappa shape index (κ3) is 4.19. The van der Waals surface area contributed by atoms with Crippen LogP contribution >= 0.6 is 11.6 Å². The number of hydrogen-bond donors (Lipinski definition) is 1. The van der Waals surface area contributed by atoms with Crippen LogP contribution in [0.4, 0.5) is 5.69 Å². The molecule has 1 amide bonds. The predicted octanol–water partition coefficient (Wildman–Crippen LogP) is 3.69. The van der Waals surface area contributed by atoms with E-state index in [0.29, 0.717) is 17.1 Å². The van der Waals surface area contributed by atoms with Crippen molar-refractivity contribution >= 4 is 23.2 Å². The lowest BCUT2D eigenvalue weighted by atomic mass is 10.1. The molecule has 0 radical (unpaired) electrons. The molecule has 3 rings (SSSR count). The van der Waals surface area contributed by atoms with Gasteiger partial charge in [0.05, 0.1) is 17.5 Å². The predicted molar refractivity (Wildman–Crippen MR) is 97.7 cm³/mol. The summed E-state index contributed by atoms with van der Waals surface area (Å²) in [5.74, 6) is 1.68. The van der Waals surface area contributed by atoms with Gasteiger partial charge in [0.25, 0.3) is 0 Å². The molecule has 1 atom stereocenters. The summed E-state index contributed by atoms with van der Waals surface area (Å²) < 4.78 is 7.28. The molecule has 0 spiro atoms. The zero-order valence-electron chi connectivity index (χ0n) is 14.6. The topological polar surface area (TPSA) is 69.0 Å². The number of fused-ring (bicyclic) bond motifs is 1. The van der Waals surface area contributed by atoms with E-state index in [9.17, 15) is 4.79 Å². The number of carbonyl (C=O) groups excluding carboxylic acids is 1. The zero-order chi connectivity index (χ0) is 17.8. The third-order valence-corrected chi connectivity index (χ3v) is 4.81. The highest BCUT2D eigenvalue weighted by Gasteiger charge is 2.18. The number of methoxy groups -OCH3 is 1. The minimum absolute atomic E-state index is 0.0947. The molecule has 1 unspecified atom stereocenters. The Morgan fingerprint density at radius 1 is 1.36 bits per heavy atom. The van der Waals surface area contributed by atoms with Crippen molar-refractivity contribution in [2.45, 2.75) is 51.7 Å². The van der Waals surface area contributed by atoms with Crippen molar-refractivity contribution in [2.24, 2.45) is 0 Å². The number of halogens is 1. The Morgan fingerprint density at radius 2 is 2.20 bits per heavy atom. The van der Waals surface area contributed by atoms with Gasteiger partial charge in [-0.1, -0.05) is 18.0 Å². The molecular weight excluding hydrogens is 340 g/mol. The third-order valence-electron chi connectivity index (χ3n) is 4.48. The first-order valence-electron chi connectivity index (χ1n) is 8.63. The molecule has 0 aliphatic carbocycles. The van der Waals surface area contributed by atoms with Crippen molar-refractivity contribution < 1.29 is 9.53 Å². The number of aryl methyl sites for hydroxylation is 1. The van der Waals surface area contributed by atoms with E-state index in [1.165, 1.54) is 6.42 Å². The van der Waals surface area contributed by atoms with Crippen LogP contribution in [-0.2, 0) is 22.5 Å². The van der Waals surface area contributed by atoms with Crippen molar-refractivity contribution in [2.75, 3.05) is 12.4 Å². The van der Waals surface area contributed by atoms with Gasteiger partial charge in [-0.05, 0) is 38.0 Å². The number of anilines is 1. The Kier molecular flexibility index (Phi) is 5.71. The summed E-state index contributed by atoms with van der Waals surface area (Å²) in [6.45, 7) is 2.76. The fourth-order valence-electron chi connectivity index (χ4n) is 3.02. The number of aromatic nitrogens is 3. The molecule has 0 saturated carbocycles. The highest BCUT2D eigenvalue weighted by Crippen LogP contribution is 2.31. The second kappa shape index (κ2) is 7.97. The number of ether oxygens (including phenoxy) is 1. The molecular formula is C18H23ClN4O2. The molecule has 6 nitrogen and oxygen atoms in total. The standard InChI is InChI=1S/C18H23ClN4O2/c1-12(25-2)10-17(24)20-13-7-8-15(19)14(11-13)18-22-21-16-6-4-3-5-9-23(16)18/h7-8,11-12H,3-6,9-10H2,1-2H3,(H,20,24). The second-order valence-electron chi connectivity index (χ2n) is 6.40. The molecule has 25 heavy (non-hydrogen) atoms. The Labute approximate surface area is 152 Å². The summed E-state index contributed by atoms with van der Waals surface area (Å²) in [6.07, 6.45) is 4.56. The molecule has 1 aromatic heterocycles. The highest BCUT2D eigenvalue weighted by atomic mass is 35.5. The number of amides is 1. The maximum Gasteiger partial charge on any atom is 0.226 e.